The summed E-state index contributed by atoms with van der Waals surface area (Å²) in [5, 5.41) is 2.92. The Balaban J connectivity index is 1.73. The fourth-order valence-electron chi connectivity index (χ4n) is 2.22. The Morgan fingerprint density at radius 3 is 2.44 bits per heavy atom. The monoisotopic (exact) mass is 225 g/mol. The zero-order valence-corrected chi connectivity index (χ0v) is 10.9. The molecule has 1 fully saturated rings. The normalized spacial score (nSPS) is 23.1. The molecule has 1 amide bonds. The molecule has 2 nitrogen and oxygen atoms in total. The van der Waals surface area contributed by atoms with Crippen LogP contribution in [0.1, 0.15) is 65.2 Å². The van der Waals surface area contributed by atoms with Gasteiger partial charge in [-0.25, -0.2) is 0 Å². The molecule has 0 aromatic rings. The molecule has 0 radical (unpaired) electrons. The SMILES string of the molecule is CCC(=O)NCCCCCCCC1CC1C. The van der Waals surface area contributed by atoms with Gasteiger partial charge in [0.2, 0.25) is 5.91 Å². The van der Waals surface area contributed by atoms with E-state index in [1.165, 1.54) is 38.5 Å². The van der Waals surface area contributed by atoms with Crippen LogP contribution in [0.25, 0.3) is 0 Å². The quantitative estimate of drug-likeness (QED) is 0.598. The van der Waals surface area contributed by atoms with Crippen LogP contribution in [0, 0.1) is 11.8 Å². The Kier molecular flexibility index (Phi) is 6.51. The van der Waals surface area contributed by atoms with Crippen LogP contribution in [0.5, 0.6) is 0 Å². The average Bonchev–Trinajstić information content (AvgIpc) is 2.98. The molecule has 2 atom stereocenters. The van der Waals surface area contributed by atoms with Crippen molar-refractivity contribution in [3.63, 3.8) is 0 Å². The van der Waals surface area contributed by atoms with E-state index in [2.05, 4.69) is 12.2 Å². The minimum Gasteiger partial charge on any atom is -0.356 e. The fourth-order valence-corrected chi connectivity index (χ4v) is 2.22. The van der Waals surface area contributed by atoms with Gasteiger partial charge >= 0.3 is 0 Å². The van der Waals surface area contributed by atoms with Gasteiger partial charge in [-0.05, 0) is 24.7 Å². The second-order valence-corrected chi connectivity index (χ2v) is 5.23. The van der Waals surface area contributed by atoms with Crippen LogP contribution in [0.15, 0.2) is 0 Å². The topological polar surface area (TPSA) is 29.1 Å². The molecule has 0 saturated heterocycles. The number of rotatable bonds is 9. The van der Waals surface area contributed by atoms with Gasteiger partial charge in [0.05, 0.1) is 0 Å². The highest BCUT2D eigenvalue weighted by Crippen LogP contribution is 2.41. The summed E-state index contributed by atoms with van der Waals surface area (Å²) in [5.41, 5.74) is 0. The van der Waals surface area contributed by atoms with E-state index < -0.39 is 0 Å². The van der Waals surface area contributed by atoms with Crippen molar-refractivity contribution < 1.29 is 4.79 Å². The van der Waals surface area contributed by atoms with Crippen molar-refractivity contribution in [3.05, 3.63) is 0 Å². The Hall–Kier alpha value is -0.530. The van der Waals surface area contributed by atoms with Gasteiger partial charge in [0, 0.05) is 13.0 Å². The molecule has 0 aromatic carbocycles. The molecule has 2 unspecified atom stereocenters. The average molecular weight is 225 g/mol. The summed E-state index contributed by atoms with van der Waals surface area (Å²) in [6.07, 6.45) is 10.1. The number of amides is 1. The van der Waals surface area contributed by atoms with Gasteiger partial charge in [0.15, 0.2) is 0 Å². The van der Waals surface area contributed by atoms with E-state index >= 15 is 0 Å². The molecule has 2 heteroatoms. The lowest BCUT2D eigenvalue weighted by atomic mass is 10.1. The molecule has 16 heavy (non-hydrogen) atoms. The van der Waals surface area contributed by atoms with Crippen molar-refractivity contribution in [2.24, 2.45) is 11.8 Å². The highest BCUT2D eigenvalue weighted by molar-refractivity contribution is 5.75. The third-order valence-corrected chi connectivity index (χ3v) is 3.67. The summed E-state index contributed by atoms with van der Waals surface area (Å²) < 4.78 is 0. The van der Waals surface area contributed by atoms with Crippen LogP contribution in [0.3, 0.4) is 0 Å². The van der Waals surface area contributed by atoms with Gasteiger partial charge in [0.25, 0.3) is 0 Å². The number of nitrogens with one attached hydrogen (secondary N) is 1. The smallest absolute Gasteiger partial charge is 0.219 e. The molecular formula is C14H27NO. The molecule has 1 rings (SSSR count). The predicted molar refractivity (Wildman–Crippen MR) is 68.3 cm³/mol. The molecule has 1 aliphatic rings. The van der Waals surface area contributed by atoms with Crippen LogP contribution in [-0.4, -0.2) is 12.5 Å². The van der Waals surface area contributed by atoms with Gasteiger partial charge < -0.3 is 5.32 Å². The highest BCUT2D eigenvalue weighted by Gasteiger charge is 2.31. The molecular weight excluding hydrogens is 198 g/mol. The lowest BCUT2D eigenvalue weighted by Crippen LogP contribution is -2.23. The van der Waals surface area contributed by atoms with Crippen molar-refractivity contribution in [1.29, 1.82) is 0 Å². The van der Waals surface area contributed by atoms with Gasteiger partial charge in [-0.3, -0.25) is 4.79 Å². The molecule has 0 aliphatic heterocycles. The van der Waals surface area contributed by atoms with Crippen molar-refractivity contribution in [3.8, 4) is 0 Å². The maximum absolute atomic E-state index is 10.9. The molecule has 0 bridgehead atoms. The first-order valence-electron chi connectivity index (χ1n) is 7.00. The Morgan fingerprint density at radius 1 is 1.19 bits per heavy atom. The van der Waals surface area contributed by atoms with E-state index in [4.69, 9.17) is 0 Å². The third kappa shape index (κ3) is 6.14. The molecule has 0 spiro atoms. The van der Waals surface area contributed by atoms with E-state index in [-0.39, 0.29) is 5.91 Å². The third-order valence-electron chi connectivity index (χ3n) is 3.67. The molecule has 1 N–H and O–H groups in total. The van der Waals surface area contributed by atoms with E-state index in [1.807, 2.05) is 6.92 Å². The van der Waals surface area contributed by atoms with Gasteiger partial charge in [-0.15, -0.1) is 0 Å². The zero-order chi connectivity index (χ0) is 11.8. The second-order valence-electron chi connectivity index (χ2n) is 5.23. The maximum atomic E-state index is 10.9. The van der Waals surface area contributed by atoms with Crippen LogP contribution in [0.4, 0.5) is 0 Å². The summed E-state index contributed by atoms with van der Waals surface area (Å²) in [5.74, 6) is 2.26. The van der Waals surface area contributed by atoms with Gasteiger partial charge in [-0.1, -0.05) is 46.0 Å². The van der Waals surface area contributed by atoms with Crippen molar-refractivity contribution in [2.75, 3.05) is 6.54 Å². The highest BCUT2D eigenvalue weighted by atomic mass is 16.1. The number of carbonyl (C=O) groups is 1. The number of hydrogen-bond donors (Lipinski definition) is 1. The molecule has 94 valence electrons. The van der Waals surface area contributed by atoms with Crippen molar-refractivity contribution >= 4 is 5.91 Å². The number of carbonyl (C=O) groups excluding carboxylic acids is 1. The van der Waals surface area contributed by atoms with Crippen molar-refractivity contribution in [2.45, 2.75) is 65.2 Å². The molecule has 1 saturated carbocycles. The first kappa shape index (κ1) is 13.5. The predicted octanol–water partition coefficient (Wildman–Crippen LogP) is 3.51. The lowest BCUT2D eigenvalue weighted by molar-refractivity contribution is -0.120. The summed E-state index contributed by atoms with van der Waals surface area (Å²) in [6, 6.07) is 0. The first-order chi connectivity index (χ1) is 7.74. The lowest BCUT2D eigenvalue weighted by Gasteiger charge is -2.03. The van der Waals surface area contributed by atoms with E-state index in [9.17, 15) is 4.79 Å². The number of unbranched alkanes of at least 4 members (excludes halogenated alkanes) is 4. The van der Waals surface area contributed by atoms with Crippen LogP contribution in [-0.2, 0) is 4.79 Å². The van der Waals surface area contributed by atoms with Crippen LogP contribution >= 0.6 is 0 Å². The molecule has 0 heterocycles. The Morgan fingerprint density at radius 2 is 1.81 bits per heavy atom. The van der Waals surface area contributed by atoms with Gasteiger partial charge in [-0.2, -0.15) is 0 Å². The van der Waals surface area contributed by atoms with E-state index in [0.29, 0.717) is 6.42 Å². The Bertz CT molecular complexity index is 203. The first-order valence-corrected chi connectivity index (χ1v) is 7.00. The summed E-state index contributed by atoms with van der Waals surface area (Å²) in [6.45, 7) is 5.13. The molecule has 1 aliphatic carbocycles. The van der Waals surface area contributed by atoms with E-state index in [0.717, 1.165) is 24.8 Å². The van der Waals surface area contributed by atoms with Crippen LogP contribution in [0.2, 0.25) is 0 Å². The van der Waals surface area contributed by atoms with Crippen LogP contribution < -0.4 is 5.32 Å². The minimum absolute atomic E-state index is 0.183. The van der Waals surface area contributed by atoms with Crippen molar-refractivity contribution in [1.82, 2.24) is 5.32 Å². The maximum Gasteiger partial charge on any atom is 0.219 e. The largest absolute Gasteiger partial charge is 0.356 e. The standard InChI is InChI=1S/C14H27NO/c1-3-14(16)15-10-8-6-4-5-7-9-13-11-12(13)2/h12-13H,3-11H2,1-2H3,(H,15,16). The van der Waals surface area contributed by atoms with E-state index in [1.54, 1.807) is 0 Å². The number of hydrogen-bond acceptors (Lipinski definition) is 1. The van der Waals surface area contributed by atoms with Gasteiger partial charge in [0.1, 0.15) is 0 Å². The summed E-state index contributed by atoms with van der Waals surface area (Å²) >= 11 is 0. The Labute approximate surface area is 100 Å². The zero-order valence-electron chi connectivity index (χ0n) is 10.9. The fraction of sp³-hybridized carbons (Fsp3) is 0.929. The minimum atomic E-state index is 0.183. The summed E-state index contributed by atoms with van der Waals surface area (Å²) in [7, 11) is 0. The second kappa shape index (κ2) is 7.70. The molecule has 0 aromatic heterocycles. The summed E-state index contributed by atoms with van der Waals surface area (Å²) in [4.78, 5) is 10.9.